The summed E-state index contributed by atoms with van der Waals surface area (Å²) in [5.41, 5.74) is 0. The highest BCUT2D eigenvalue weighted by molar-refractivity contribution is 4.69. The molecule has 3 nitrogen and oxygen atoms in total. The van der Waals surface area contributed by atoms with E-state index in [0.717, 1.165) is 12.8 Å². The van der Waals surface area contributed by atoms with Gasteiger partial charge in [0.2, 0.25) is 0 Å². The van der Waals surface area contributed by atoms with Crippen LogP contribution >= 0.6 is 0 Å². The van der Waals surface area contributed by atoms with E-state index in [1.807, 2.05) is 0 Å². The van der Waals surface area contributed by atoms with E-state index in [4.69, 9.17) is 4.74 Å². The maximum absolute atomic E-state index is 9.83. The summed E-state index contributed by atoms with van der Waals surface area (Å²) >= 11 is 0. The van der Waals surface area contributed by atoms with Crippen LogP contribution in [0.4, 0.5) is 0 Å². The molecule has 1 saturated carbocycles. The molecule has 0 aromatic carbocycles. The molecule has 1 rings (SSSR count). The second-order valence-corrected chi connectivity index (χ2v) is 5.17. The van der Waals surface area contributed by atoms with Crippen molar-refractivity contribution in [3.8, 4) is 0 Å². The topological polar surface area (TPSA) is 41.5 Å². The Morgan fingerprint density at radius 2 is 1.82 bits per heavy atom. The number of aliphatic hydroxyl groups excluding tert-OH is 1. The Labute approximate surface area is 106 Å². The third-order valence-corrected chi connectivity index (χ3v) is 3.70. The number of aliphatic hydroxyl groups is 1. The predicted molar refractivity (Wildman–Crippen MR) is 71.2 cm³/mol. The largest absolute Gasteiger partial charge is 0.389 e. The van der Waals surface area contributed by atoms with Gasteiger partial charge in [0.1, 0.15) is 0 Å². The highest BCUT2D eigenvalue weighted by atomic mass is 16.5. The van der Waals surface area contributed by atoms with Crippen LogP contribution in [0.2, 0.25) is 0 Å². The highest BCUT2D eigenvalue weighted by Crippen LogP contribution is 2.20. The number of hydrogen-bond donors (Lipinski definition) is 2. The smallest absolute Gasteiger partial charge is 0.0897 e. The quantitative estimate of drug-likeness (QED) is 0.688. The van der Waals surface area contributed by atoms with Crippen LogP contribution in [0.15, 0.2) is 0 Å². The van der Waals surface area contributed by atoms with Crippen molar-refractivity contribution in [2.24, 2.45) is 0 Å². The maximum atomic E-state index is 9.83. The normalized spacial score (nSPS) is 19.8. The van der Waals surface area contributed by atoms with Crippen molar-refractivity contribution in [3.63, 3.8) is 0 Å². The molecule has 0 aliphatic heterocycles. The van der Waals surface area contributed by atoms with Gasteiger partial charge in [-0.2, -0.15) is 0 Å². The summed E-state index contributed by atoms with van der Waals surface area (Å²) in [5.74, 6) is 0. The number of ether oxygens (including phenoxy) is 1. The van der Waals surface area contributed by atoms with Gasteiger partial charge in [0.15, 0.2) is 0 Å². The van der Waals surface area contributed by atoms with Crippen molar-refractivity contribution < 1.29 is 9.84 Å². The zero-order valence-electron chi connectivity index (χ0n) is 11.5. The molecule has 1 aliphatic carbocycles. The van der Waals surface area contributed by atoms with Gasteiger partial charge < -0.3 is 15.2 Å². The zero-order chi connectivity index (χ0) is 12.5. The Kier molecular flexibility index (Phi) is 7.82. The fourth-order valence-corrected chi connectivity index (χ4v) is 2.42. The summed E-state index contributed by atoms with van der Waals surface area (Å²) < 4.78 is 5.75. The second kappa shape index (κ2) is 8.90. The minimum absolute atomic E-state index is 0.363. The van der Waals surface area contributed by atoms with Crippen molar-refractivity contribution in [2.45, 2.75) is 77.0 Å². The van der Waals surface area contributed by atoms with Gasteiger partial charge in [0, 0.05) is 12.6 Å². The first-order chi connectivity index (χ1) is 8.26. The lowest BCUT2D eigenvalue weighted by Gasteiger charge is -2.24. The Balaban J connectivity index is 2.05. The van der Waals surface area contributed by atoms with Gasteiger partial charge in [-0.05, 0) is 25.7 Å². The fourth-order valence-electron chi connectivity index (χ4n) is 2.42. The molecule has 0 spiro atoms. The molecule has 0 aromatic rings. The van der Waals surface area contributed by atoms with Crippen molar-refractivity contribution in [3.05, 3.63) is 0 Å². The Morgan fingerprint density at radius 3 is 2.41 bits per heavy atom. The van der Waals surface area contributed by atoms with Crippen LogP contribution < -0.4 is 5.32 Å². The van der Waals surface area contributed by atoms with Crippen LogP contribution in [0.5, 0.6) is 0 Å². The van der Waals surface area contributed by atoms with Gasteiger partial charge in [0.05, 0.1) is 18.8 Å². The van der Waals surface area contributed by atoms with Crippen LogP contribution in [-0.4, -0.2) is 36.5 Å². The monoisotopic (exact) mass is 243 g/mol. The summed E-state index contributed by atoms with van der Waals surface area (Å²) in [5, 5.41) is 13.2. The minimum atomic E-state index is -0.363. The van der Waals surface area contributed by atoms with Crippen LogP contribution in [0.3, 0.4) is 0 Å². The molecule has 0 aromatic heterocycles. The molecular weight excluding hydrogens is 214 g/mol. The van der Waals surface area contributed by atoms with Gasteiger partial charge >= 0.3 is 0 Å². The van der Waals surface area contributed by atoms with E-state index in [1.165, 1.54) is 32.1 Å². The average Bonchev–Trinajstić information content (AvgIpc) is 2.39. The Hall–Kier alpha value is -0.120. The summed E-state index contributed by atoms with van der Waals surface area (Å²) in [6.45, 7) is 5.48. The fraction of sp³-hybridized carbons (Fsp3) is 1.00. The molecule has 3 heteroatoms. The lowest BCUT2D eigenvalue weighted by molar-refractivity contribution is -0.0236. The van der Waals surface area contributed by atoms with Gasteiger partial charge in [0.25, 0.3) is 0 Å². The van der Waals surface area contributed by atoms with Gasteiger partial charge in [-0.25, -0.2) is 0 Å². The van der Waals surface area contributed by atoms with Crippen molar-refractivity contribution in [1.29, 1.82) is 0 Å². The SMILES string of the molecule is CCC(CC)NCC(O)COC1CCCCC1. The molecule has 17 heavy (non-hydrogen) atoms. The standard InChI is InChI=1S/C14H29NO2/c1-3-12(4-2)15-10-13(16)11-17-14-8-6-5-7-9-14/h12-16H,3-11H2,1-2H3. The molecule has 0 radical (unpaired) electrons. The Bertz CT molecular complexity index is 177. The molecular formula is C14H29NO2. The first kappa shape index (κ1) is 14.9. The molecule has 102 valence electrons. The van der Waals surface area contributed by atoms with Crippen molar-refractivity contribution in [2.75, 3.05) is 13.2 Å². The molecule has 0 saturated heterocycles. The zero-order valence-corrected chi connectivity index (χ0v) is 11.5. The van der Waals surface area contributed by atoms with E-state index < -0.39 is 0 Å². The van der Waals surface area contributed by atoms with E-state index >= 15 is 0 Å². The molecule has 0 amide bonds. The lowest BCUT2D eigenvalue weighted by atomic mass is 9.98. The lowest BCUT2D eigenvalue weighted by Crippen LogP contribution is -2.37. The molecule has 2 N–H and O–H groups in total. The second-order valence-electron chi connectivity index (χ2n) is 5.17. The van der Waals surface area contributed by atoms with E-state index in [9.17, 15) is 5.11 Å². The van der Waals surface area contributed by atoms with E-state index in [0.29, 0.717) is 25.3 Å². The van der Waals surface area contributed by atoms with Crippen molar-refractivity contribution >= 4 is 0 Å². The van der Waals surface area contributed by atoms with Crippen LogP contribution in [-0.2, 0) is 4.74 Å². The molecule has 1 atom stereocenters. The third-order valence-electron chi connectivity index (χ3n) is 3.70. The van der Waals surface area contributed by atoms with E-state index in [-0.39, 0.29) is 6.10 Å². The number of hydrogen-bond acceptors (Lipinski definition) is 3. The van der Waals surface area contributed by atoms with Gasteiger partial charge in [-0.3, -0.25) is 0 Å². The van der Waals surface area contributed by atoms with Crippen LogP contribution in [0.25, 0.3) is 0 Å². The van der Waals surface area contributed by atoms with Crippen LogP contribution in [0.1, 0.15) is 58.8 Å². The minimum Gasteiger partial charge on any atom is -0.389 e. The van der Waals surface area contributed by atoms with Gasteiger partial charge in [-0.15, -0.1) is 0 Å². The highest BCUT2D eigenvalue weighted by Gasteiger charge is 2.15. The summed E-state index contributed by atoms with van der Waals surface area (Å²) in [4.78, 5) is 0. The van der Waals surface area contributed by atoms with Gasteiger partial charge in [-0.1, -0.05) is 33.1 Å². The Morgan fingerprint density at radius 1 is 1.18 bits per heavy atom. The summed E-state index contributed by atoms with van der Waals surface area (Å²) in [6, 6.07) is 0.527. The molecule has 1 fully saturated rings. The maximum Gasteiger partial charge on any atom is 0.0897 e. The molecule has 0 heterocycles. The molecule has 0 bridgehead atoms. The molecule has 1 aliphatic rings. The molecule has 1 unspecified atom stereocenters. The first-order valence-corrected chi connectivity index (χ1v) is 7.29. The summed E-state index contributed by atoms with van der Waals surface area (Å²) in [7, 11) is 0. The van der Waals surface area contributed by atoms with E-state index in [1.54, 1.807) is 0 Å². The summed E-state index contributed by atoms with van der Waals surface area (Å²) in [6.07, 6.45) is 8.53. The first-order valence-electron chi connectivity index (χ1n) is 7.29. The average molecular weight is 243 g/mol. The van der Waals surface area contributed by atoms with Crippen LogP contribution in [0, 0.1) is 0 Å². The number of rotatable bonds is 8. The predicted octanol–water partition coefficient (Wildman–Crippen LogP) is 2.47. The third kappa shape index (κ3) is 6.39. The van der Waals surface area contributed by atoms with E-state index in [2.05, 4.69) is 19.2 Å². The number of nitrogens with one attached hydrogen (secondary N) is 1. The van der Waals surface area contributed by atoms with Crippen molar-refractivity contribution in [1.82, 2.24) is 5.32 Å².